The molecule has 0 saturated carbocycles. The van der Waals surface area contributed by atoms with E-state index in [0.717, 1.165) is 23.8 Å². The van der Waals surface area contributed by atoms with Gasteiger partial charge in [-0.2, -0.15) is 8.42 Å². The second-order valence-electron chi connectivity index (χ2n) is 7.18. The van der Waals surface area contributed by atoms with Crippen LogP contribution in [0.25, 0.3) is 10.8 Å². The van der Waals surface area contributed by atoms with Gasteiger partial charge in [0, 0.05) is 5.39 Å². The van der Waals surface area contributed by atoms with Gasteiger partial charge in [-0.3, -0.25) is 4.55 Å². The monoisotopic (exact) mass is 416 g/mol. The second-order valence-corrected chi connectivity index (χ2v) is 8.54. The first-order valence-corrected chi connectivity index (χ1v) is 11.5. The van der Waals surface area contributed by atoms with E-state index in [9.17, 15) is 13.0 Å². The maximum atomic E-state index is 11.9. The van der Waals surface area contributed by atoms with Crippen LogP contribution in [0.15, 0.2) is 41.3 Å². The molecule has 2 aromatic carbocycles. The Balaban J connectivity index is 0.00000364. The van der Waals surface area contributed by atoms with E-state index in [1.165, 1.54) is 51.4 Å². The summed E-state index contributed by atoms with van der Waals surface area (Å²) >= 11 is 0. The molecule has 0 aliphatic carbocycles. The Morgan fingerprint density at radius 1 is 0.778 bits per heavy atom. The van der Waals surface area contributed by atoms with E-state index in [2.05, 4.69) is 6.92 Å². The van der Waals surface area contributed by atoms with Crippen LogP contribution in [-0.4, -0.2) is 64.4 Å². The fraction of sp³-hybridized carbons (Fsp3) is 0.545. The average molecular weight is 417 g/mol. The number of benzene rings is 2. The summed E-state index contributed by atoms with van der Waals surface area (Å²) in [5.74, 6) is 0. The first-order chi connectivity index (χ1) is 12.5. The van der Waals surface area contributed by atoms with Crippen LogP contribution in [0.1, 0.15) is 76.7 Å². The molecule has 5 heteroatoms. The molecule has 0 radical (unpaired) electrons. The van der Waals surface area contributed by atoms with Crippen LogP contribution in [0.5, 0.6) is 0 Å². The predicted octanol–water partition coefficient (Wildman–Crippen LogP) is 5.90. The summed E-state index contributed by atoms with van der Waals surface area (Å²) in [5.41, 5.74) is 0.728. The normalized spacial score (nSPS) is 11.5. The van der Waals surface area contributed by atoms with Crippen molar-refractivity contribution in [1.82, 2.24) is 0 Å². The third-order valence-electron chi connectivity index (χ3n) is 5.02. The number of hydrogen-bond donors (Lipinski definition) is 1. The van der Waals surface area contributed by atoms with Crippen LogP contribution in [-0.2, 0) is 16.5 Å². The van der Waals surface area contributed by atoms with Gasteiger partial charge in [-0.05, 0) is 23.8 Å². The third-order valence-corrected chi connectivity index (χ3v) is 6.02. The minimum atomic E-state index is -4.22. The molecular formula is C22H33KO3S. The molecule has 0 saturated heterocycles. The molecule has 0 heterocycles. The number of unbranched alkanes of at least 4 members (excludes halogenated alkanes) is 9. The predicted molar refractivity (Wildman–Crippen MR) is 116 cm³/mol. The molecule has 0 amide bonds. The van der Waals surface area contributed by atoms with Gasteiger partial charge in [-0.15, -0.1) is 0 Å². The Morgan fingerprint density at radius 2 is 1.33 bits per heavy atom. The van der Waals surface area contributed by atoms with Crippen molar-refractivity contribution in [2.24, 2.45) is 0 Å². The Bertz CT molecular complexity index is 787. The number of rotatable bonds is 12. The fourth-order valence-corrected chi connectivity index (χ4v) is 4.56. The van der Waals surface area contributed by atoms with Crippen molar-refractivity contribution >= 4 is 72.3 Å². The molecule has 146 valence electrons. The van der Waals surface area contributed by atoms with Gasteiger partial charge in [0.2, 0.25) is 0 Å². The number of fused-ring (bicyclic) bond motifs is 1. The van der Waals surface area contributed by atoms with Crippen LogP contribution < -0.4 is 0 Å². The zero-order valence-corrected chi connectivity index (χ0v) is 16.7. The van der Waals surface area contributed by atoms with Gasteiger partial charge in [0.15, 0.2) is 0 Å². The summed E-state index contributed by atoms with van der Waals surface area (Å²) in [6.07, 6.45) is 13.2. The van der Waals surface area contributed by atoms with Crippen LogP contribution in [0.3, 0.4) is 0 Å². The SMILES string of the molecule is CCCCCCCCCCCCc1ccc2ccccc2c1S(=O)(=O)O.[KH]. The van der Waals surface area contributed by atoms with E-state index < -0.39 is 10.1 Å². The van der Waals surface area contributed by atoms with Gasteiger partial charge in [-0.25, -0.2) is 0 Å². The van der Waals surface area contributed by atoms with Crippen LogP contribution in [0, 0.1) is 0 Å². The molecule has 0 aliphatic rings. The second kappa shape index (κ2) is 13.5. The fourth-order valence-electron chi connectivity index (χ4n) is 3.59. The van der Waals surface area contributed by atoms with Gasteiger partial charge in [0.1, 0.15) is 4.90 Å². The van der Waals surface area contributed by atoms with Crippen molar-refractivity contribution in [3.05, 3.63) is 42.0 Å². The van der Waals surface area contributed by atoms with Crippen molar-refractivity contribution < 1.29 is 13.0 Å². The summed E-state index contributed by atoms with van der Waals surface area (Å²) < 4.78 is 33.5. The Hall–Kier alpha value is 0.246. The molecule has 0 spiro atoms. The average Bonchev–Trinajstić information content (AvgIpc) is 2.62. The molecule has 3 nitrogen and oxygen atoms in total. The van der Waals surface area contributed by atoms with Crippen molar-refractivity contribution in [2.45, 2.75) is 82.4 Å². The van der Waals surface area contributed by atoms with Gasteiger partial charge in [0.05, 0.1) is 0 Å². The summed E-state index contributed by atoms with van der Waals surface area (Å²) in [6.45, 7) is 2.24. The van der Waals surface area contributed by atoms with Gasteiger partial charge >= 0.3 is 51.4 Å². The quantitative estimate of drug-likeness (QED) is 0.266. The minimum absolute atomic E-state index is 0. The molecule has 0 fully saturated rings. The number of hydrogen-bond acceptors (Lipinski definition) is 2. The van der Waals surface area contributed by atoms with Crippen molar-refractivity contribution in [3.63, 3.8) is 0 Å². The summed E-state index contributed by atoms with van der Waals surface area (Å²) in [7, 11) is -4.22. The first kappa shape index (κ1) is 25.3. The molecule has 0 unspecified atom stereocenters. The van der Waals surface area contributed by atoms with E-state index in [-0.39, 0.29) is 56.3 Å². The zero-order valence-electron chi connectivity index (χ0n) is 15.9. The molecule has 0 bridgehead atoms. The molecule has 2 aromatic rings. The van der Waals surface area contributed by atoms with E-state index in [0.29, 0.717) is 11.8 Å². The third kappa shape index (κ3) is 8.65. The van der Waals surface area contributed by atoms with E-state index in [4.69, 9.17) is 0 Å². The van der Waals surface area contributed by atoms with Crippen molar-refractivity contribution in [1.29, 1.82) is 0 Å². The first-order valence-electron chi connectivity index (χ1n) is 10.0. The molecule has 0 atom stereocenters. The Kier molecular flexibility index (Phi) is 12.6. The van der Waals surface area contributed by atoms with Gasteiger partial charge in [-0.1, -0.05) is 101 Å². The van der Waals surface area contributed by atoms with E-state index in [1.807, 2.05) is 24.3 Å². The topological polar surface area (TPSA) is 54.4 Å². The Morgan fingerprint density at radius 3 is 1.93 bits per heavy atom. The Labute approximate surface area is 207 Å². The van der Waals surface area contributed by atoms with Crippen LogP contribution in [0.4, 0.5) is 0 Å². The molecular weight excluding hydrogens is 383 g/mol. The standard InChI is InChI=1S/C22H32O3S.K.H/c1-2-3-4-5-6-7-8-9-10-11-15-20-18-17-19-14-12-13-16-21(19)22(20)26(23,24)25;;/h12-14,16-18H,2-11,15H2,1H3,(H,23,24,25);;. The summed E-state index contributed by atoms with van der Waals surface area (Å²) in [4.78, 5) is 0.0894. The van der Waals surface area contributed by atoms with E-state index >= 15 is 0 Å². The molecule has 2 rings (SSSR count). The molecule has 1 N–H and O–H groups in total. The van der Waals surface area contributed by atoms with Crippen LogP contribution >= 0.6 is 0 Å². The summed E-state index contributed by atoms with van der Waals surface area (Å²) in [6, 6.07) is 11.1. The van der Waals surface area contributed by atoms with Crippen LogP contribution in [0.2, 0.25) is 0 Å². The molecule has 0 aliphatic heterocycles. The van der Waals surface area contributed by atoms with Gasteiger partial charge < -0.3 is 0 Å². The number of aryl methyl sites for hydroxylation is 1. The molecule has 0 aromatic heterocycles. The molecule has 27 heavy (non-hydrogen) atoms. The van der Waals surface area contributed by atoms with Crippen molar-refractivity contribution in [2.75, 3.05) is 0 Å². The van der Waals surface area contributed by atoms with Crippen molar-refractivity contribution in [3.8, 4) is 0 Å². The maximum absolute atomic E-state index is 11.9. The van der Waals surface area contributed by atoms with Gasteiger partial charge in [0.25, 0.3) is 10.1 Å². The van der Waals surface area contributed by atoms with E-state index in [1.54, 1.807) is 12.1 Å². The zero-order chi connectivity index (χ0) is 18.8. The summed E-state index contributed by atoms with van der Waals surface area (Å²) in [5, 5.41) is 1.45.